The van der Waals surface area contributed by atoms with Gasteiger partial charge in [-0.3, -0.25) is 10.6 Å². The highest BCUT2D eigenvalue weighted by Gasteiger charge is 2.19. The van der Waals surface area contributed by atoms with Crippen LogP contribution in [0.5, 0.6) is 0 Å². The van der Waals surface area contributed by atoms with Gasteiger partial charge in [0.05, 0.1) is 16.4 Å². The Labute approximate surface area is 121 Å². The van der Waals surface area contributed by atoms with Gasteiger partial charge in [0.1, 0.15) is 4.90 Å². The summed E-state index contributed by atoms with van der Waals surface area (Å²) in [7, 11) is -3.86. The van der Waals surface area contributed by atoms with Crippen LogP contribution in [0.3, 0.4) is 0 Å². The molecule has 6 nitrogen and oxygen atoms in total. The average molecular weight is 313 g/mol. The van der Waals surface area contributed by atoms with Crippen LogP contribution in [0.15, 0.2) is 47.4 Å². The van der Waals surface area contributed by atoms with E-state index < -0.39 is 10.0 Å². The van der Waals surface area contributed by atoms with Crippen LogP contribution in [0, 0.1) is 0 Å². The number of rotatable bonds is 4. The van der Waals surface area contributed by atoms with Crippen molar-refractivity contribution in [1.29, 1.82) is 0 Å². The predicted octanol–water partition coefficient (Wildman–Crippen LogP) is 2.01. The lowest BCUT2D eigenvalue weighted by molar-refractivity contribution is 0.601. The van der Waals surface area contributed by atoms with Crippen LogP contribution >= 0.6 is 11.6 Å². The number of halogens is 1. The first-order chi connectivity index (χ1) is 9.44. The summed E-state index contributed by atoms with van der Waals surface area (Å²) in [6.07, 6.45) is 0. The topological polar surface area (TPSA) is 110 Å². The third-order valence-corrected chi connectivity index (χ3v) is 4.30. The largest absolute Gasteiger partial charge is 0.399 e. The standard InChI is InChI=1S/C12H13ClN4O2S/c13-9-3-1-2-4-10(9)17-20(18,19)12-7-8(14)5-6-11(12)16-15/h1-7,16-17H,14-15H2. The Balaban J connectivity index is 2.46. The molecule has 0 aliphatic carbocycles. The molecule has 2 rings (SSSR count). The predicted molar refractivity (Wildman–Crippen MR) is 80.9 cm³/mol. The van der Waals surface area contributed by atoms with Gasteiger partial charge in [0.25, 0.3) is 10.0 Å². The molecule has 20 heavy (non-hydrogen) atoms. The van der Waals surface area contributed by atoms with Crippen LogP contribution < -0.4 is 21.7 Å². The smallest absolute Gasteiger partial charge is 0.264 e. The normalized spacial score (nSPS) is 11.1. The third kappa shape index (κ3) is 2.96. The SMILES string of the molecule is NNc1ccc(N)cc1S(=O)(=O)Nc1ccccc1Cl. The van der Waals surface area contributed by atoms with Gasteiger partial charge in [-0.15, -0.1) is 0 Å². The summed E-state index contributed by atoms with van der Waals surface area (Å²) < 4.78 is 27.1. The Morgan fingerprint density at radius 1 is 1.05 bits per heavy atom. The molecule has 0 aliphatic heterocycles. The van der Waals surface area contributed by atoms with Crippen LogP contribution in [0.4, 0.5) is 17.1 Å². The van der Waals surface area contributed by atoms with Gasteiger partial charge in [-0.2, -0.15) is 0 Å². The van der Waals surface area contributed by atoms with E-state index in [-0.39, 0.29) is 16.3 Å². The van der Waals surface area contributed by atoms with Crippen LogP contribution in [0.25, 0.3) is 0 Å². The maximum absolute atomic E-state index is 12.4. The monoisotopic (exact) mass is 312 g/mol. The van der Waals surface area contributed by atoms with Crippen molar-refractivity contribution in [2.75, 3.05) is 15.9 Å². The molecule has 0 unspecified atom stereocenters. The highest BCUT2D eigenvalue weighted by molar-refractivity contribution is 7.93. The quantitative estimate of drug-likeness (QED) is 0.392. The minimum atomic E-state index is -3.86. The second kappa shape index (κ2) is 5.58. The minimum absolute atomic E-state index is 0.0556. The summed E-state index contributed by atoms with van der Waals surface area (Å²) >= 11 is 5.93. The fourth-order valence-electron chi connectivity index (χ4n) is 1.62. The molecule has 0 aliphatic rings. The van der Waals surface area contributed by atoms with Gasteiger partial charge >= 0.3 is 0 Å². The number of nitrogens with two attached hydrogens (primary N) is 2. The van der Waals surface area contributed by atoms with Gasteiger partial charge in [-0.25, -0.2) is 8.42 Å². The van der Waals surface area contributed by atoms with Gasteiger partial charge in [-0.05, 0) is 30.3 Å². The van der Waals surface area contributed by atoms with E-state index in [4.69, 9.17) is 23.2 Å². The number of nitrogen functional groups attached to an aromatic ring is 2. The summed E-state index contributed by atoms with van der Waals surface area (Å²) in [5, 5.41) is 0.294. The van der Waals surface area contributed by atoms with E-state index in [2.05, 4.69) is 10.1 Å². The molecule has 0 spiro atoms. The Kier molecular flexibility index (Phi) is 4.03. The van der Waals surface area contributed by atoms with Gasteiger partial charge < -0.3 is 11.2 Å². The van der Waals surface area contributed by atoms with Gasteiger partial charge in [-0.1, -0.05) is 23.7 Å². The fourth-order valence-corrected chi connectivity index (χ4v) is 3.15. The van der Waals surface area contributed by atoms with Crippen molar-refractivity contribution in [1.82, 2.24) is 0 Å². The number of nitrogens with one attached hydrogen (secondary N) is 2. The zero-order valence-corrected chi connectivity index (χ0v) is 11.9. The molecule has 2 aromatic carbocycles. The summed E-state index contributed by atoms with van der Waals surface area (Å²) in [6.45, 7) is 0. The van der Waals surface area contributed by atoms with Crippen LogP contribution in [-0.4, -0.2) is 8.42 Å². The molecule has 106 valence electrons. The highest BCUT2D eigenvalue weighted by atomic mass is 35.5. The van der Waals surface area contributed by atoms with Gasteiger partial charge in [0.2, 0.25) is 0 Å². The number of benzene rings is 2. The van der Waals surface area contributed by atoms with Crippen LogP contribution in [-0.2, 0) is 10.0 Å². The first-order valence-electron chi connectivity index (χ1n) is 5.57. The van der Waals surface area contributed by atoms with E-state index in [1.54, 1.807) is 30.3 Å². The number of para-hydroxylation sites is 1. The molecule has 0 saturated heterocycles. The molecule has 0 bridgehead atoms. The number of hydrazine groups is 1. The van der Waals surface area contributed by atoms with Crippen LogP contribution in [0.1, 0.15) is 0 Å². The number of anilines is 3. The summed E-state index contributed by atoms with van der Waals surface area (Å²) in [5.74, 6) is 5.31. The highest BCUT2D eigenvalue weighted by Crippen LogP contribution is 2.28. The van der Waals surface area contributed by atoms with Crippen molar-refractivity contribution in [3.8, 4) is 0 Å². The number of hydrogen-bond acceptors (Lipinski definition) is 5. The zero-order chi connectivity index (χ0) is 14.8. The van der Waals surface area contributed by atoms with Gasteiger partial charge in [0.15, 0.2) is 0 Å². The summed E-state index contributed by atoms with van der Waals surface area (Å²) in [6, 6.07) is 10.9. The molecule has 0 fully saturated rings. The molecule has 8 heteroatoms. The molecular formula is C12H13ClN4O2S. The molecule has 0 atom stereocenters. The van der Waals surface area contributed by atoms with Crippen LogP contribution in [0.2, 0.25) is 5.02 Å². The first-order valence-corrected chi connectivity index (χ1v) is 7.43. The maximum atomic E-state index is 12.4. The number of sulfonamides is 1. The molecule has 6 N–H and O–H groups in total. The lowest BCUT2D eigenvalue weighted by atomic mass is 10.3. The van der Waals surface area contributed by atoms with Crippen molar-refractivity contribution in [3.63, 3.8) is 0 Å². The van der Waals surface area contributed by atoms with E-state index in [1.165, 1.54) is 12.1 Å². The lowest BCUT2D eigenvalue weighted by Gasteiger charge is -2.13. The zero-order valence-electron chi connectivity index (χ0n) is 10.3. The van der Waals surface area contributed by atoms with E-state index in [0.29, 0.717) is 10.7 Å². The Morgan fingerprint density at radius 3 is 2.40 bits per heavy atom. The Morgan fingerprint density at radius 2 is 1.75 bits per heavy atom. The molecule has 0 amide bonds. The van der Waals surface area contributed by atoms with E-state index in [0.717, 1.165) is 0 Å². The van der Waals surface area contributed by atoms with E-state index in [1.807, 2.05) is 0 Å². The molecule has 0 saturated carbocycles. The average Bonchev–Trinajstić information content (AvgIpc) is 2.41. The summed E-state index contributed by atoms with van der Waals surface area (Å²) in [5.41, 5.74) is 8.76. The van der Waals surface area contributed by atoms with E-state index >= 15 is 0 Å². The van der Waals surface area contributed by atoms with Crippen molar-refractivity contribution in [2.45, 2.75) is 4.90 Å². The molecule has 0 radical (unpaired) electrons. The number of hydrogen-bond donors (Lipinski definition) is 4. The van der Waals surface area contributed by atoms with E-state index in [9.17, 15) is 8.42 Å². The van der Waals surface area contributed by atoms with Crippen molar-refractivity contribution in [3.05, 3.63) is 47.5 Å². The van der Waals surface area contributed by atoms with Gasteiger partial charge in [0, 0.05) is 5.69 Å². The fraction of sp³-hybridized carbons (Fsp3) is 0. The molecule has 0 heterocycles. The second-order valence-corrected chi connectivity index (χ2v) is 6.04. The van der Waals surface area contributed by atoms with Crippen molar-refractivity contribution < 1.29 is 8.42 Å². The molecule has 2 aromatic rings. The summed E-state index contributed by atoms with van der Waals surface area (Å²) in [4.78, 5) is -0.0556. The lowest BCUT2D eigenvalue weighted by Crippen LogP contribution is -2.18. The third-order valence-electron chi connectivity index (χ3n) is 2.57. The minimum Gasteiger partial charge on any atom is -0.399 e. The first kappa shape index (κ1) is 14.4. The maximum Gasteiger partial charge on any atom is 0.264 e. The molecular weight excluding hydrogens is 300 g/mol. The molecule has 0 aromatic heterocycles. The van der Waals surface area contributed by atoms with Crippen molar-refractivity contribution in [2.24, 2.45) is 5.84 Å². The second-order valence-electron chi connectivity index (χ2n) is 3.99. The van der Waals surface area contributed by atoms with Crippen molar-refractivity contribution >= 4 is 38.7 Å². The Bertz CT molecular complexity index is 734. The Hall–Kier alpha value is -1.96.